The van der Waals surface area contributed by atoms with Gasteiger partial charge in [-0.3, -0.25) is 4.21 Å². The highest BCUT2D eigenvalue weighted by molar-refractivity contribution is 8.00. The Morgan fingerprint density at radius 1 is 0.765 bits per heavy atom. The van der Waals surface area contributed by atoms with Gasteiger partial charge < -0.3 is 11.5 Å². The molecule has 0 amide bonds. The molecule has 0 aliphatic carbocycles. The predicted molar refractivity (Wildman–Crippen MR) is 73.5 cm³/mol. The van der Waals surface area contributed by atoms with Crippen LogP contribution in [0.25, 0.3) is 0 Å². The first-order valence-corrected chi connectivity index (χ1v) is 6.81. The summed E-state index contributed by atoms with van der Waals surface area (Å²) in [6.07, 6.45) is 0. The molecule has 0 fully saturated rings. The van der Waals surface area contributed by atoms with Gasteiger partial charge in [0.1, 0.15) is 0 Å². The molecule has 0 unspecified atom stereocenters. The van der Waals surface area contributed by atoms with E-state index in [4.69, 9.17) is 11.5 Å². The highest BCUT2D eigenvalue weighted by atomic mass is 32.2. The Kier molecular flexibility index (Phi) is 2.81. The zero-order valence-electron chi connectivity index (χ0n) is 9.30. The van der Waals surface area contributed by atoms with Crippen molar-refractivity contribution in [3.05, 3.63) is 48.5 Å². The van der Waals surface area contributed by atoms with Gasteiger partial charge in [-0.1, -0.05) is 0 Å². The minimum atomic E-state index is -2.48. The van der Waals surface area contributed by atoms with Crippen LogP contribution < -0.4 is 11.5 Å². The molecule has 0 radical (unpaired) electrons. The summed E-state index contributed by atoms with van der Waals surface area (Å²) >= 11 is 0. The largest absolute Gasteiger partial charge is 0.399 e. The second-order valence-corrected chi connectivity index (χ2v) is 6.11. The van der Waals surface area contributed by atoms with E-state index in [1.165, 1.54) is 0 Å². The SMILES string of the molecule is C=S(=O)(c1ccc(N)cc1)c1ccc(N)cc1. The predicted octanol–water partition coefficient (Wildman–Crippen LogP) is 1.99. The lowest BCUT2D eigenvalue weighted by Crippen LogP contribution is -2.02. The fourth-order valence-corrected chi connectivity index (χ4v) is 2.94. The van der Waals surface area contributed by atoms with Crippen molar-refractivity contribution < 1.29 is 4.21 Å². The molecule has 4 heteroatoms. The molecule has 0 saturated heterocycles. The highest BCUT2D eigenvalue weighted by Gasteiger charge is 2.10. The lowest BCUT2D eigenvalue weighted by atomic mass is 10.3. The van der Waals surface area contributed by atoms with E-state index >= 15 is 0 Å². The van der Waals surface area contributed by atoms with E-state index in [1.807, 2.05) is 0 Å². The van der Waals surface area contributed by atoms with Crippen LogP contribution >= 0.6 is 0 Å². The number of hydrogen-bond donors (Lipinski definition) is 2. The van der Waals surface area contributed by atoms with Crippen LogP contribution in [0.2, 0.25) is 0 Å². The smallest absolute Gasteiger partial charge is 0.0351 e. The first kappa shape index (κ1) is 11.5. The maximum atomic E-state index is 12.6. The average Bonchev–Trinajstić information content (AvgIpc) is 2.30. The Labute approximate surface area is 101 Å². The van der Waals surface area contributed by atoms with Crippen LogP contribution in [0.4, 0.5) is 11.4 Å². The van der Waals surface area contributed by atoms with Gasteiger partial charge in [-0.15, -0.1) is 0 Å². The molecule has 2 rings (SSSR count). The number of nitrogen functional groups attached to an aromatic ring is 2. The third-order valence-corrected chi connectivity index (χ3v) is 4.59. The topological polar surface area (TPSA) is 69.1 Å². The van der Waals surface area contributed by atoms with Crippen LogP contribution in [0.1, 0.15) is 0 Å². The monoisotopic (exact) mass is 246 g/mol. The van der Waals surface area contributed by atoms with Crippen LogP contribution in [-0.2, 0) is 9.52 Å². The van der Waals surface area contributed by atoms with Gasteiger partial charge in [0.15, 0.2) is 0 Å². The van der Waals surface area contributed by atoms with Gasteiger partial charge in [-0.05, 0) is 54.4 Å². The average molecular weight is 246 g/mol. The Balaban J connectivity index is 2.50. The second-order valence-electron chi connectivity index (χ2n) is 3.81. The molecule has 17 heavy (non-hydrogen) atoms. The molecular formula is C13H14N2OS. The summed E-state index contributed by atoms with van der Waals surface area (Å²) in [5, 5.41) is 0. The molecule has 88 valence electrons. The van der Waals surface area contributed by atoms with Crippen molar-refractivity contribution in [1.29, 1.82) is 0 Å². The van der Waals surface area contributed by atoms with Gasteiger partial charge >= 0.3 is 0 Å². The quantitative estimate of drug-likeness (QED) is 0.629. The normalized spacial score (nSPS) is 11.3. The van der Waals surface area contributed by atoms with Crippen molar-refractivity contribution in [3.63, 3.8) is 0 Å². The summed E-state index contributed by atoms with van der Waals surface area (Å²) in [7, 11) is -2.48. The first-order chi connectivity index (χ1) is 8.00. The lowest BCUT2D eigenvalue weighted by Gasteiger charge is -2.10. The third-order valence-electron chi connectivity index (χ3n) is 2.52. The summed E-state index contributed by atoms with van der Waals surface area (Å²) in [6, 6.07) is 13.8. The van der Waals surface area contributed by atoms with Crippen LogP contribution in [0, 0.1) is 0 Å². The van der Waals surface area contributed by atoms with Crippen LogP contribution in [-0.4, -0.2) is 10.1 Å². The number of anilines is 2. The van der Waals surface area contributed by atoms with Gasteiger partial charge in [0, 0.05) is 30.7 Å². The first-order valence-electron chi connectivity index (χ1n) is 5.08. The molecule has 0 bridgehead atoms. The highest BCUT2D eigenvalue weighted by Crippen LogP contribution is 2.22. The van der Waals surface area contributed by atoms with E-state index in [0.717, 1.165) is 0 Å². The van der Waals surface area contributed by atoms with Crippen molar-refractivity contribution in [3.8, 4) is 0 Å². The minimum absolute atomic E-state index is 0.640. The van der Waals surface area contributed by atoms with E-state index in [1.54, 1.807) is 48.5 Å². The van der Waals surface area contributed by atoms with Crippen LogP contribution in [0.5, 0.6) is 0 Å². The van der Waals surface area contributed by atoms with Crippen molar-refractivity contribution in [2.45, 2.75) is 9.79 Å². The summed E-state index contributed by atoms with van der Waals surface area (Å²) in [5.41, 5.74) is 12.5. The van der Waals surface area contributed by atoms with E-state index in [2.05, 4.69) is 5.87 Å². The standard InChI is InChI=1S/C13H14N2OS/c1-17(16,12-6-2-10(14)3-7-12)13-8-4-11(15)5-9-13/h2-9H,1,14-15H2. The van der Waals surface area contributed by atoms with Crippen molar-refractivity contribution in [2.75, 3.05) is 11.5 Å². The van der Waals surface area contributed by atoms with Crippen LogP contribution in [0.3, 0.4) is 0 Å². The van der Waals surface area contributed by atoms with E-state index in [-0.39, 0.29) is 0 Å². The molecule has 3 nitrogen and oxygen atoms in total. The second kappa shape index (κ2) is 4.14. The number of hydrogen-bond acceptors (Lipinski definition) is 3. The van der Waals surface area contributed by atoms with Gasteiger partial charge in [0.05, 0.1) is 0 Å². The van der Waals surface area contributed by atoms with Gasteiger partial charge in [-0.25, -0.2) is 0 Å². The molecule has 0 atom stereocenters. The van der Waals surface area contributed by atoms with E-state index < -0.39 is 9.52 Å². The molecule has 2 aromatic carbocycles. The fraction of sp³-hybridized carbons (Fsp3) is 0. The molecule has 4 N–H and O–H groups in total. The number of nitrogens with two attached hydrogens (primary N) is 2. The van der Waals surface area contributed by atoms with Crippen LogP contribution in [0.15, 0.2) is 58.3 Å². The Hall–Kier alpha value is -1.94. The maximum Gasteiger partial charge on any atom is 0.0351 e. The van der Waals surface area contributed by atoms with E-state index in [9.17, 15) is 4.21 Å². The molecule has 0 aromatic heterocycles. The summed E-state index contributed by atoms with van der Waals surface area (Å²) < 4.78 is 12.6. The van der Waals surface area contributed by atoms with Crippen molar-refractivity contribution >= 4 is 26.8 Å². The molecular weight excluding hydrogens is 232 g/mol. The molecule has 0 saturated carbocycles. The molecule has 0 aliphatic rings. The Bertz CT molecular complexity index is 562. The molecule has 0 spiro atoms. The van der Waals surface area contributed by atoms with E-state index in [0.29, 0.717) is 21.2 Å². The summed E-state index contributed by atoms with van der Waals surface area (Å²) in [6.45, 7) is 0. The molecule has 0 heterocycles. The fourth-order valence-electron chi connectivity index (χ4n) is 1.51. The van der Waals surface area contributed by atoms with Crippen molar-refractivity contribution in [2.24, 2.45) is 0 Å². The zero-order valence-corrected chi connectivity index (χ0v) is 10.1. The molecule has 0 aliphatic heterocycles. The number of benzene rings is 2. The minimum Gasteiger partial charge on any atom is -0.399 e. The van der Waals surface area contributed by atoms with Gasteiger partial charge in [-0.2, -0.15) is 0 Å². The number of rotatable bonds is 2. The summed E-state index contributed by atoms with van der Waals surface area (Å²) in [4.78, 5) is 1.33. The lowest BCUT2D eigenvalue weighted by molar-refractivity contribution is 0.681. The zero-order chi connectivity index (χ0) is 12.5. The van der Waals surface area contributed by atoms with Gasteiger partial charge in [0.2, 0.25) is 0 Å². The third kappa shape index (κ3) is 2.26. The Morgan fingerprint density at radius 2 is 1.06 bits per heavy atom. The summed E-state index contributed by atoms with van der Waals surface area (Å²) in [5.74, 6) is 3.82. The Morgan fingerprint density at radius 3 is 1.35 bits per heavy atom. The van der Waals surface area contributed by atoms with Crippen molar-refractivity contribution in [1.82, 2.24) is 0 Å². The molecule has 2 aromatic rings. The maximum absolute atomic E-state index is 12.6. The van der Waals surface area contributed by atoms with Gasteiger partial charge in [0.25, 0.3) is 0 Å².